The van der Waals surface area contributed by atoms with Crippen LogP contribution in [-0.4, -0.2) is 80.2 Å². The Morgan fingerprint density at radius 1 is 0.696 bits per heavy atom. The van der Waals surface area contributed by atoms with Crippen LogP contribution in [0.25, 0.3) is 0 Å². The first kappa shape index (κ1) is 43.2. The fraction of sp³-hybridized carbons (Fsp3) is 0.810. The number of aliphatic hydroxyl groups excluding tert-OH is 2. The quantitative estimate of drug-likeness (QED) is 0.201. The van der Waals surface area contributed by atoms with Crippen LogP contribution in [0.15, 0.2) is 23.3 Å². The average Bonchev–Trinajstić information content (AvgIpc) is 3.55. The molecule has 0 aromatic heterocycles. The van der Waals surface area contributed by atoms with E-state index in [0.29, 0.717) is 51.4 Å². The second-order valence-electron chi connectivity index (χ2n) is 19.8. The number of Topliss-reactive ketones (excluding diaryl/α,β-unsaturated/α-hetero) is 2. The van der Waals surface area contributed by atoms with Crippen LogP contribution in [0.3, 0.4) is 0 Å². The van der Waals surface area contributed by atoms with Crippen molar-refractivity contribution in [1.29, 1.82) is 0 Å². The minimum Gasteiger partial charge on any atom is -0.756 e. The summed E-state index contributed by atoms with van der Waals surface area (Å²) in [7, 11) is -5.27. The molecule has 8 aliphatic rings. The van der Waals surface area contributed by atoms with E-state index < -0.39 is 66.8 Å². The van der Waals surface area contributed by atoms with Gasteiger partial charge in [0.05, 0.1) is 12.2 Å². The Kier molecular flexibility index (Phi) is 11.1. The number of fused-ring (bicyclic) bond motifs is 10. The predicted molar refractivity (Wildman–Crippen MR) is 196 cm³/mol. The minimum absolute atomic E-state index is 0. The summed E-state index contributed by atoms with van der Waals surface area (Å²) < 4.78 is 23.1. The molecule has 0 amide bonds. The van der Waals surface area contributed by atoms with Crippen molar-refractivity contribution in [3.8, 4) is 0 Å². The summed E-state index contributed by atoms with van der Waals surface area (Å²) in [5.74, 6) is -1.88. The van der Waals surface area contributed by atoms with Crippen molar-refractivity contribution in [2.45, 2.75) is 141 Å². The SMILES string of the molecule is C[C@]12CCC(=O)C=C1CC[C@@H]1[C@@H]2[C@@H](O)C[C@@]2(C)[C@H]1CC[C@]2(O)C(=O)COP(=O)([O-])OCC(=O)[C@@]1(O)CC[C@H]2[C@@H]3CCC4=CC(=O)CC[C@]4(C)[C@H]3[C@@H](O)C[C@@]21C.[Na+]. The molecule has 6 fully saturated rings. The standard InChI is InChI=1S/C42H59O12P.Na/c1-37-13-9-25(43)17-23(37)5-7-27-29-11-15-41(49,39(29,3)19-31(45)35(27)37)33(47)21-53-55(51,52)54-22-34(48)42(50)16-12-30-28-8-6-24-18-26(44)10-14-38(24,2)36(28)32(46)20-40(30,42)4;/h17-18,27-32,35-36,45-46,49-50H,5-16,19-22H2,1-4H3,(H,51,52);/q;+1/p-1/t27-,28-,29-,30-,31-,32-,35+,36+,37-,38-,39-,40-,41-,42-;/m0./s1. The van der Waals surface area contributed by atoms with Crippen molar-refractivity contribution in [1.82, 2.24) is 0 Å². The molecular weight excluding hydrogens is 750 g/mol. The molecular formula is C42H58NaO12P. The van der Waals surface area contributed by atoms with Gasteiger partial charge in [0.1, 0.15) is 24.4 Å². The topological polar surface area (TPSA) is 208 Å². The number of phosphoric ester groups is 1. The van der Waals surface area contributed by atoms with Crippen LogP contribution in [0, 0.1) is 57.2 Å². The predicted octanol–water partition coefficient (Wildman–Crippen LogP) is 1.10. The van der Waals surface area contributed by atoms with Gasteiger partial charge in [-0.05, 0) is 136 Å². The van der Waals surface area contributed by atoms with E-state index in [2.05, 4.69) is 13.8 Å². The van der Waals surface area contributed by atoms with Gasteiger partial charge in [0.15, 0.2) is 23.1 Å². The number of allylic oxidation sites excluding steroid dienone is 2. The van der Waals surface area contributed by atoms with Gasteiger partial charge < -0.3 is 34.4 Å². The average molecular weight is 809 g/mol. The molecule has 0 aliphatic heterocycles. The van der Waals surface area contributed by atoms with Crippen LogP contribution in [0.5, 0.6) is 0 Å². The zero-order chi connectivity index (χ0) is 39.7. The normalized spacial score (nSPS) is 49.0. The fourth-order valence-corrected chi connectivity index (χ4v) is 15.5. The first-order valence-corrected chi connectivity index (χ1v) is 22.0. The molecule has 0 heterocycles. The van der Waals surface area contributed by atoms with Crippen LogP contribution in [0.4, 0.5) is 0 Å². The molecule has 0 bridgehead atoms. The van der Waals surface area contributed by atoms with Crippen molar-refractivity contribution in [2.24, 2.45) is 57.2 Å². The van der Waals surface area contributed by atoms with E-state index in [-0.39, 0.29) is 113 Å². The smallest absolute Gasteiger partial charge is 0.756 e. The molecule has 0 aromatic carbocycles. The van der Waals surface area contributed by atoms with Crippen LogP contribution in [0.1, 0.15) is 118 Å². The third kappa shape index (κ3) is 6.15. The van der Waals surface area contributed by atoms with Gasteiger partial charge in [0.25, 0.3) is 7.82 Å². The number of phosphoric acid groups is 1. The molecule has 14 atom stereocenters. The van der Waals surface area contributed by atoms with Crippen molar-refractivity contribution in [3.63, 3.8) is 0 Å². The van der Waals surface area contributed by atoms with E-state index in [9.17, 15) is 49.1 Å². The molecule has 12 nitrogen and oxygen atoms in total. The van der Waals surface area contributed by atoms with E-state index >= 15 is 0 Å². The van der Waals surface area contributed by atoms with Crippen molar-refractivity contribution in [2.75, 3.05) is 13.2 Å². The molecule has 56 heavy (non-hydrogen) atoms. The summed E-state index contributed by atoms with van der Waals surface area (Å²) in [5, 5.41) is 47.4. The molecule has 0 aromatic rings. The van der Waals surface area contributed by atoms with Gasteiger partial charge in [0.2, 0.25) is 0 Å². The first-order valence-electron chi connectivity index (χ1n) is 20.6. The molecule has 14 heteroatoms. The Bertz CT molecular complexity index is 1690. The van der Waals surface area contributed by atoms with Crippen molar-refractivity contribution < 1.29 is 87.7 Å². The summed E-state index contributed by atoms with van der Waals surface area (Å²) in [6, 6.07) is 0. The van der Waals surface area contributed by atoms with Gasteiger partial charge in [-0.25, -0.2) is 0 Å². The summed E-state index contributed by atoms with van der Waals surface area (Å²) >= 11 is 0. The summed E-state index contributed by atoms with van der Waals surface area (Å²) in [5.41, 5.74) is -4.53. The third-order valence-electron chi connectivity index (χ3n) is 17.7. The monoisotopic (exact) mass is 808 g/mol. The molecule has 304 valence electrons. The van der Waals surface area contributed by atoms with E-state index in [0.717, 1.165) is 24.0 Å². The summed E-state index contributed by atoms with van der Waals surface area (Å²) in [6.45, 7) is 5.81. The molecule has 8 rings (SSSR count). The number of hydrogen-bond donors (Lipinski definition) is 4. The van der Waals surface area contributed by atoms with E-state index in [1.54, 1.807) is 26.0 Å². The molecule has 8 aliphatic carbocycles. The number of ketones is 4. The Morgan fingerprint density at radius 2 is 1.07 bits per heavy atom. The number of carbonyl (C=O) groups excluding carboxylic acids is 4. The summed E-state index contributed by atoms with van der Waals surface area (Å²) in [6.07, 6.45) is 8.34. The van der Waals surface area contributed by atoms with Gasteiger partial charge in [-0.15, -0.1) is 0 Å². The Labute approximate surface area is 351 Å². The second kappa shape index (κ2) is 14.4. The van der Waals surface area contributed by atoms with Crippen LogP contribution in [0.2, 0.25) is 0 Å². The first-order chi connectivity index (χ1) is 25.6. The number of carbonyl (C=O) groups is 4. The van der Waals surface area contributed by atoms with E-state index in [1.807, 2.05) is 0 Å². The van der Waals surface area contributed by atoms with Crippen LogP contribution < -0.4 is 34.5 Å². The Balaban J connectivity index is 0.00000480. The fourth-order valence-electron chi connectivity index (χ4n) is 14.9. The van der Waals surface area contributed by atoms with Gasteiger partial charge in [-0.1, -0.05) is 38.8 Å². The molecule has 0 saturated heterocycles. The van der Waals surface area contributed by atoms with Crippen LogP contribution in [-0.2, 0) is 32.8 Å². The van der Waals surface area contributed by atoms with Crippen molar-refractivity contribution in [3.05, 3.63) is 23.3 Å². The summed E-state index contributed by atoms with van der Waals surface area (Å²) in [4.78, 5) is 65.0. The molecule has 4 N–H and O–H groups in total. The Hall–Kier alpha value is -0.890. The largest absolute Gasteiger partial charge is 1.00 e. The van der Waals surface area contributed by atoms with Crippen LogP contribution >= 0.6 is 7.82 Å². The van der Waals surface area contributed by atoms with Gasteiger partial charge in [-0.3, -0.25) is 23.7 Å². The number of rotatable bonds is 8. The molecule has 0 radical (unpaired) electrons. The maximum Gasteiger partial charge on any atom is 1.00 e. The maximum absolute atomic E-state index is 13.8. The maximum atomic E-state index is 13.8. The molecule has 6 saturated carbocycles. The van der Waals surface area contributed by atoms with E-state index in [4.69, 9.17) is 9.05 Å². The van der Waals surface area contributed by atoms with E-state index in [1.165, 1.54) is 0 Å². The number of hydrogen-bond acceptors (Lipinski definition) is 12. The zero-order valence-electron chi connectivity index (χ0n) is 33.6. The molecule has 0 spiro atoms. The van der Waals surface area contributed by atoms with Crippen molar-refractivity contribution >= 4 is 31.0 Å². The number of aliphatic hydroxyl groups is 4. The Morgan fingerprint density at radius 3 is 1.45 bits per heavy atom. The van der Waals surface area contributed by atoms with Gasteiger partial charge >= 0.3 is 29.6 Å². The second-order valence-corrected chi connectivity index (χ2v) is 21.2. The zero-order valence-corrected chi connectivity index (χ0v) is 36.5. The van der Waals surface area contributed by atoms with Gasteiger partial charge in [-0.2, -0.15) is 0 Å². The molecule has 0 unspecified atom stereocenters. The third-order valence-corrected chi connectivity index (χ3v) is 18.6. The van der Waals surface area contributed by atoms with Gasteiger partial charge in [0, 0.05) is 23.7 Å². The minimum atomic E-state index is -5.27.